The van der Waals surface area contributed by atoms with Gasteiger partial charge in [0.05, 0.1) is 0 Å². The summed E-state index contributed by atoms with van der Waals surface area (Å²) in [6.45, 7) is 4.56. The lowest BCUT2D eigenvalue weighted by atomic mass is 9.75. The minimum absolute atomic E-state index is 0.189. The van der Waals surface area contributed by atoms with Crippen molar-refractivity contribution in [2.75, 3.05) is 40.8 Å². The number of hydrogen-bond acceptors (Lipinski definition) is 4. The van der Waals surface area contributed by atoms with Crippen molar-refractivity contribution in [3.8, 4) is 0 Å². The van der Waals surface area contributed by atoms with E-state index >= 15 is 0 Å². The molecule has 1 atom stereocenters. The van der Waals surface area contributed by atoms with Gasteiger partial charge in [0, 0.05) is 18.6 Å². The standard InChI is InChI=1S/C16H32N4O/c1-5-18-16(14(17)21,13-7-8-13)12-20(4)11-15(19(2)3)9-6-10-15/h13,18H,5-12H2,1-4H3,(H2,17,21). The fourth-order valence-electron chi connectivity index (χ4n) is 3.90. The van der Waals surface area contributed by atoms with E-state index in [9.17, 15) is 4.79 Å². The van der Waals surface area contributed by atoms with Gasteiger partial charge in [-0.2, -0.15) is 0 Å². The first-order chi connectivity index (χ1) is 9.86. The van der Waals surface area contributed by atoms with E-state index in [1.165, 1.54) is 19.3 Å². The second kappa shape index (κ2) is 6.23. The summed E-state index contributed by atoms with van der Waals surface area (Å²) in [5.74, 6) is 0.223. The van der Waals surface area contributed by atoms with Crippen LogP contribution < -0.4 is 11.1 Å². The Kier molecular flexibility index (Phi) is 4.96. The molecule has 122 valence electrons. The predicted octanol–water partition coefficient (Wildman–Crippen LogP) is 0.646. The lowest BCUT2D eigenvalue weighted by molar-refractivity contribution is -0.126. The summed E-state index contributed by atoms with van der Waals surface area (Å²) < 4.78 is 0. The lowest BCUT2D eigenvalue weighted by Crippen LogP contribution is -2.65. The maximum Gasteiger partial charge on any atom is 0.239 e. The van der Waals surface area contributed by atoms with Gasteiger partial charge in [-0.05, 0) is 65.7 Å². The number of nitrogens with one attached hydrogen (secondary N) is 1. The number of carbonyl (C=O) groups is 1. The molecule has 2 saturated carbocycles. The monoisotopic (exact) mass is 296 g/mol. The molecule has 0 aliphatic heterocycles. The first kappa shape index (κ1) is 16.7. The number of carbonyl (C=O) groups excluding carboxylic acids is 1. The molecule has 0 heterocycles. The molecule has 2 aliphatic rings. The van der Waals surface area contributed by atoms with E-state index in [1.54, 1.807) is 0 Å². The molecule has 0 aromatic rings. The molecule has 21 heavy (non-hydrogen) atoms. The lowest BCUT2D eigenvalue weighted by Gasteiger charge is -2.50. The van der Waals surface area contributed by atoms with Crippen molar-refractivity contribution in [3.63, 3.8) is 0 Å². The molecular formula is C16H32N4O. The zero-order valence-electron chi connectivity index (χ0n) is 14.1. The molecule has 3 N–H and O–H groups in total. The van der Waals surface area contributed by atoms with E-state index in [0.29, 0.717) is 5.92 Å². The first-order valence-corrected chi connectivity index (χ1v) is 8.27. The van der Waals surface area contributed by atoms with Crippen LogP contribution in [0.1, 0.15) is 39.0 Å². The van der Waals surface area contributed by atoms with Gasteiger partial charge >= 0.3 is 0 Å². The van der Waals surface area contributed by atoms with Gasteiger partial charge in [0.2, 0.25) is 5.91 Å². The van der Waals surface area contributed by atoms with Gasteiger partial charge in [0.25, 0.3) is 0 Å². The molecule has 5 nitrogen and oxygen atoms in total. The van der Waals surface area contributed by atoms with Gasteiger partial charge in [-0.25, -0.2) is 0 Å². The van der Waals surface area contributed by atoms with Crippen LogP contribution in [0.4, 0.5) is 0 Å². The van der Waals surface area contributed by atoms with Gasteiger partial charge in [0.1, 0.15) is 5.54 Å². The number of rotatable bonds is 9. The van der Waals surface area contributed by atoms with Crippen molar-refractivity contribution < 1.29 is 4.79 Å². The largest absolute Gasteiger partial charge is 0.368 e. The van der Waals surface area contributed by atoms with Crippen molar-refractivity contribution >= 4 is 5.91 Å². The maximum atomic E-state index is 12.1. The number of nitrogens with two attached hydrogens (primary N) is 1. The number of nitrogens with zero attached hydrogens (tertiary/aromatic N) is 2. The molecule has 0 aromatic heterocycles. The summed E-state index contributed by atoms with van der Waals surface area (Å²) in [6.07, 6.45) is 6.03. The van der Waals surface area contributed by atoms with Crippen LogP contribution in [0.5, 0.6) is 0 Å². The van der Waals surface area contributed by atoms with Crippen LogP contribution >= 0.6 is 0 Å². The molecule has 0 aromatic carbocycles. The summed E-state index contributed by atoms with van der Waals surface area (Å²) in [5.41, 5.74) is 5.52. The van der Waals surface area contributed by atoms with Gasteiger partial charge in [0.15, 0.2) is 0 Å². The number of hydrogen-bond donors (Lipinski definition) is 2. The molecule has 1 amide bonds. The highest BCUT2D eigenvalue weighted by atomic mass is 16.1. The Morgan fingerprint density at radius 2 is 1.95 bits per heavy atom. The fourth-order valence-corrected chi connectivity index (χ4v) is 3.90. The summed E-state index contributed by atoms with van der Waals surface area (Å²) >= 11 is 0. The zero-order chi connectivity index (χ0) is 15.7. The first-order valence-electron chi connectivity index (χ1n) is 8.27. The van der Waals surface area contributed by atoms with Crippen LogP contribution in [0.25, 0.3) is 0 Å². The van der Waals surface area contributed by atoms with E-state index in [2.05, 4.69) is 36.3 Å². The molecule has 1 unspecified atom stereocenters. The number of likely N-dealkylation sites (N-methyl/N-ethyl adjacent to an activating group) is 3. The summed E-state index contributed by atoms with van der Waals surface area (Å²) in [6, 6.07) is 0. The van der Waals surface area contributed by atoms with Crippen LogP contribution in [0, 0.1) is 5.92 Å². The summed E-state index contributed by atoms with van der Waals surface area (Å²) in [5, 5.41) is 3.41. The van der Waals surface area contributed by atoms with Crippen molar-refractivity contribution in [3.05, 3.63) is 0 Å². The van der Waals surface area contributed by atoms with Crippen LogP contribution in [0.15, 0.2) is 0 Å². The Bertz CT molecular complexity index is 376. The Balaban J connectivity index is 2.04. The highest BCUT2D eigenvalue weighted by Gasteiger charge is 2.50. The third-order valence-electron chi connectivity index (χ3n) is 5.52. The van der Waals surface area contributed by atoms with Gasteiger partial charge in [-0.3, -0.25) is 4.79 Å². The Morgan fingerprint density at radius 3 is 2.29 bits per heavy atom. The molecule has 0 bridgehead atoms. The van der Waals surface area contributed by atoms with E-state index in [4.69, 9.17) is 5.73 Å². The minimum atomic E-state index is -0.541. The van der Waals surface area contributed by atoms with Crippen molar-refractivity contribution in [2.24, 2.45) is 11.7 Å². The van der Waals surface area contributed by atoms with Gasteiger partial charge in [-0.15, -0.1) is 0 Å². The topological polar surface area (TPSA) is 61.6 Å². The minimum Gasteiger partial charge on any atom is -0.368 e. The summed E-state index contributed by atoms with van der Waals surface area (Å²) in [4.78, 5) is 16.8. The number of primary amides is 1. The molecule has 0 radical (unpaired) electrons. The highest BCUT2D eigenvalue weighted by Crippen LogP contribution is 2.41. The highest BCUT2D eigenvalue weighted by molar-refractivity contribution is 5.86. The smallest absolute Gasteiger partial charge is 0.239 e. The summed E-state index contributed by atoms with van der Waals surface area (Å²) in [7, 11) is 6.46. The fraction of sp³-hybridized carbons (Fsp3) is 0.938. The van der Waals surface area contributed by atoms with E-state index in [1.807, 2.05) is 6.92 Å². The second-order valence-electron chi connectivity index (χ2n) is 7.28. The average molecular weight is 296 g/mol. The molecule has 2 fully saturated rings. The molecule has 2 aliphatic carbocycles. The van der Waals surface area contributed by atoms with Crippen molar-refractivity contribution in [1.29, 1.82) is 0 Å². The van der Waals surface area contributed by atoms with E-state index in [0.717, 1.165) is 32.5 Å². The molecule has 0 saturated heterocycles. The van der Waals surface area contributed by atoms with Crippen molar-refractivity contribution in [2.45, 2.75) is 50.1 Å². The molecule has 5 heteroatoms. The molecular weight excluding hydrogens is 264 g/mol. The predicted molar refractivity (Wildman–Crippen MR) is 86.1 cm³/mol. The van der Waals surface area contributed by atoms with Crippen LogP contribution in [0.3, 0.4) is 0 Å². The Hall–Kier alpha value is -0.650. The molecule has 2 rings (SSSR count). The molecule has 0 spiro atoms. The normalized spacial score (nSPS) is 23.9. The van der Waals surface area contributed by atoms with Crippen LogP contribution in [0.2, 0.25) is 0 Å². The average Bonchev–Trinajstić information content (AvgIpc) is 3.16. The SMILES string of the molecule is CCNC(CN(C)CC1(N(C)C)CCC1)(C(N)=O)C1CC1. The van der Waals surface area contributed by atoms with Crippen molar-refractivity contribution in [1.82, 2.24) is 15.1 Å². The van der Waals surface area contributed by atoms with Gasteiger partial charge in [-0.1, -0.05) is 6.92 Å². The zero-order valence-corrected chi connectivity index (χ0v) is 14.1. The third kappa shape index (κ3) is 3.25. The third-order valence-corrected chi connectivity index (χ3v) is 5.52. The number of amides is 1. The Morgan fingerprint density at radius 1 is 1.33 bits per heavy atom. The Labute approximate surface area is 129 Å². The quantitative estimate of drug-likeness (QED) is 0.656. The van der Waals surface area contributed by atoms with E-state index in [-0.39, 0.29) is 11.4 Å². The van der Waals surface area contributed by atoms with E-state index < -0.39 is 5.54 Å². The van der Waals surface area contributed by atoms with Crippen LogP contribution in [-0.4, -0.2) is 67.6 Å². The van der Waals surface area contributed by atoms with Gasteiger partial charge < -0.3 is 20.9 Å². The van der Waals surface area contributed by atoms with Crippen LogP contribution in [-0.2, 0) is 4.79 Å². The maximum absolute atomic E-state index is 12.1. The second-order valence-corrected chi connectivity index (χ2v) is 7.28.